The molecule has 2 aromatic heterocycles. The van der Waals surface area contributed by atoms with E-state index in [1.165, 1.54) is 12.8 Å². The van der Waals surface area contributed by atoms with Crippen LogP contribution in [0.4, 0.5) is 5.82 Å². The molecule has 0 saturated heterocycles. The normalized spacial score (nSPS) is 11.4. The average molecular weight is 355 g/mol. The fourth-order valence-electron chi connectivity index (χ4n) is 2.62. The summed E-state index contributed by atoms with van der Waals surface area (Å²) in [7, 11) is 0. The van der Waals surface area contributed by atoms with Gasteiger partial charge in [-0.05, 0) is 25.0 Å². The van der Waals surface area contributed by atoms with E-state index in [9.17, 15) is 5.26 Å². The van der Waals surface area contributed by atoms with Crippen molar-refractivity contribution in [3.63, 3.8) is 0 Å². The molecule has 0 bridgehead atoms. The van der Waals surface area contributed by atoms with Gasteiger partial charge in [0.05, 0.1) is 12.3 Å². The van der Waals surface area contributed by atoms with E-state index in [4.69, 9.17) is 10.5 Å². The fourth-order valence-corrected chi connectivity index (χ4v) is 2.62. The first kappa shape index (κ1) is 19.8. The van der Waals surface area contributed by atoms with Crippen LogP contribution in [0.5, 0.6) is 5.88 Å². The highest BCUT2D eigenvalue weighted by Crippen LogP contribution is 2.27. The molecule has 0 aliphatic carbocycles. The van der Waals surface area contributed by atoms with E-state index < -0.39 is 0 Å². The monoisotopic (exact) mass is 355 g/mol. The molecule has 0 spiro atoms. The largest absolute Gasteiger partial charge is 0.477 e. The second kappa shape index (κ2) is 8.22. The third-order valence-corrected chi connectivity index (χ3v) is 4.24. The lowest BCUT2D eigenvalue weighted by molar-refractivity contribution is 0.292. The van der Waals surface area contributed by atoms with Gasteiger partial charge in [-0.15, -0.1) is 0 Å². The minimum absolute atomic E-state index is 0.111. The number of hydrogen-bond acceptors (Lipinski definition) is 5. The van der Waals surface area contributed by atoms with Crippen molar-refractivity contribution in [1.82, 2.24) is 14.8 Å². The van der Waals surface area contributed by atoms with Gasteiger partial charge in [-0.1, -0.05) is 47.0 Å². The van der Waals surface area contributed by atoms with E-state index in [2.05, 4.69) is 43.8 Å². The first-order valence-corrected chi connectivity index (χ1v) is 9.18. The zero-order valence-electron chi connectivity index (χ0n) is 16.5. The van der Waals surface area contributed by atoms with Crippen molar-refractivity contribution >= 4 is 5.82 Å². The Hall–Kier alpha value is -2.55. The predicted octanol–water partition coefficient (Wildman–Crippen LogP) is 4.29. The van der Waals surface area contributed by atoms with Crippen LogP contribution in [0.15, 0.2) is 12.1 Å². The minimum atomic E-state index is -0.111. The highest BCUT2D eigenvalue weighted by Gasteiger charge is 2.21. The molecule has 0 atom stereocenters. The van der Waals surface area contributed by atoms with Crippen molar-refractivity contribution in [3.05, 3.63) is 29.0 Å². The summed E-state index contributed by atoms with van der Waals surface area (Å²) in [6.45, 7) is 10.8. The van der Waals surface area contributed by atoms with Crippen LogP contribution in [0.1, 0.15) is 70.2 Å². The molecule has 0 amide bonds. The molecule has 140 valence electrons. The van der Waals surface area contributed by atoms with E-state index in [-0.39, 0.29) is 5.41 Å². The Kier molecular flexibility index (Phi) is 6.25. The van der Waals surface area contributed by atoms with Crippen molar-refractivity contribution in [3.8, 4) is 17.8 Å². The zero-order valence-corrected chi connectivity index (χ0v) is 16.5. The Balaban J connectivity index is 2.33. The number of nitriles is 1. The van der Waals surface area contributed by atoms with Crippen LogP contribution in [0, 0.1) is 18.3 Å². The summed E-state index contributed by atoms with van der Waals surface area (Å²) in [6, 6.07) is 5.87. The van der Waals surface area contributed by atoms with Gasteiger partial charge < -0.3 is 10.5 Å². The molecule has 0 unspecified atom stereocenters. The second-order valence-electron chi connectivity index (χ2n) is 7.61. The summed E-state index contributed by atoms with van der Waals surface area (Å²) in [5.41, 5.74) is 8.19. The molecular weight excluding hydrogens is 326 g/mol. The molecule has 26 heavy (non-hydrogen) atoms. The van der Waals surface area contributed by atoms with Gasteiger partial charge in [-0.2, -0.15) is 20.0 Å². The number of hydrogen-bond donors (Lipinski definition) is 1. The van der Waals surface area contributed by atoms with Crippen LogP contribution in [-0.4, -0.2) is 21.4 Å². The molecule has 2 rings (SSSR count). The summed E-state index contributed by atoms with van der Waals surface area (Å²) < 4.78 is 7.43. The first-order valence-electron chi connectivity index (χ1n) is 9.18. The quantitative estimate of drug-likeness (QED) is 0.748. The lowest BCUT2D eigenvalue weighted by atomic mass is 9.92. The Bertz CT molecular complexity index is 796. The van der Waals surface area contributed by atoms with Gasteiger partial charge >= 0.3 is 0 Å². The van der Waals surface area contributed by atoms with E-state index in [1.54, 1.807) is 4.68 Å². The van der Waals surface area contributed by atoms with Crippen LogP contribution in [-0.2, 0) is 5.41 Å². The Morgan fingerprint density at radius 3 is 2.54 bits per heavy atom. The molecule has 0 aromatic carbocycles. The molecule has 2 N–H and O–H groups in total. The van der Waals surface area contributed by atoms with Crippen molar-refractivity contribution in [2.24, 2.45) is 0 Å². The lowest BCUT2D eigenvalue weighted by Gasteiger charge is -2.14. The molecule has 2 aromatic rings. The number of aryl methyl sites for hydroxylation is 1. The third kappa shape index (κ3) is 4.54. The summed E-state index contributed by atoms with van der Waals surface area (Å²) in [6.07, 6.45) is 4.41. The second-order valence-corrected chi connectivity index (χ2v) is 7.61. The fraction of sp³-hybridized carbons (Fsp3) is 0.550. The number of aromatic nitrogens is 3. The number of nitrogen functional groups attached to an aromatic ring is 1. The van der Waals surface area contributed by atoms with Crippen molar-refractivity contribution in [1.29, 1.82) is 5.26 Å². The van der Waals surface area contributed by atoms with Crippen molar-refractivity contribution in [2.75, 3.05) is 12.3 Å². The molecule has 0 saturated carbocycles. The van der Waals surface area contributed by atoms with Crippen LogP contribution in [0.2, 0.25) is 0 Å². The maximum Gasteiger partial charge on any atom is 0.234 e. The maximum absolute atomic E-state index is 9.45. The SMILES string of the molecule is CCCCCCOc1nc(-n2nc(C(C)(C)C)cc2N)cc(C)c1C#N. The number of unbranched alkanes of at least 4 members (excludes halogenated alkanes) is 3. The minimum Gasteiger partial charge on any atom is -0.477 e. The molecular formula is C20H29N5O. The van der Waals surface area contributed by atoms with Crippen LogP contribution in [0.25, 0.3) is 5.82 Å². The zero-order chi connectivity index (χ0) is 19.3. The number of nitrogens with zero attached hydrogens (tertiary/aromatic N) is 4. The van der Waals surface area contributed by atoms with Gasteiger partial charge in [0.1, 0.15) is 17.5 Å². The topological polar surface area (TPSA) is 89.8 Å². The van der Waals surface area contributed by atoms with Crippen molar-refractivity contribution < 1.29 is 4.74 Å². The predicted molar refractivity (Wildman–Crippen MR) is 104 cm³/mol. The van der Waals surface area contributed by atoms with E-state index in [1.807, 2.05) is 19.1 Å². The number of ether oxygens (including phenoxy) is 1. The lowest BCUT2D eigenvalue weighted by Crippen LogP contribution is -2.13. The van der Waals surface area contributed by atoms with Gasteiger partial charge in [0.2, 0.25) is 5.88 Å². The van der Waals surface area contributed by atoms with Gasteiger partial charge in [-0.25, -0.2) is 0 Å². The number of rotatable bonds is 7. The van der Waals surface area contributed by atoms with Crippen LogP contribution < -0.4 is 10.5 Å². The Morgan fingerprint density at radius 1 is 1.23 bits per heavy atom. The molecule has 0 fully saturated rings. The van der Waals surface area contributed by atoms with Crippen molar-refractivity contribution in [2.45, 2.75) is 65.7 Å². The summed E-state index contributed by atoms with van der Waals surface area (Å²) in [4.78, 5) is 4.52. The van der Waals surface area contributed by atoms with Crippen LogP contribution in [0.3, 0.4) is 0 Å². The molecule has 0 aliphatic heterocycles. The number of nitrogens with two attached hydrogens (primary N) is 1. The van der Waals surface area contributed by atoms with Gasteiger partial charge in [0, 0.05) is 11.5 Å². The van der Waals surface area contributed by atoms with E-state index in [0.717, 1.165) is 24.1 Å². The number of pyridine rings is 1. The first-order chi connectivity index (χ1) is 12.3. The van der Waals surface area contributed by atoms with Gasteiger partial charge in [0.15, 0.2) is 5.82 Å². The smallest absolute Gasteiger partial charge is 0.234 e. The van der Waals surface area contributed by atoms with Gasteiger partial charge in [-0.3, -0.25) is 0 Å². The highest BCUT2D eigenvalue weighted by molar-refractivity contribution is 5.50. The molecule has 0 aliphatic rings. The molecule has 6 heteroatoms. The Labute approximate surface area is 156 Å². The highest BCUT2D eigenvalue weighted by atomic mass is 16.5. The van der Waals surface area contributed by atoms with Gasteiger partial charge in [0.25, 0.3) is 0 Å². The molecule has 0 radical (unpaired) electrons. The molecule has 2 heterocycles. The standard InChI is InChI=1S/C20H29N5O/c1-6-7-8-9-10-26-19-15(13-21)14(2)11-18(23-19)25-17(22)12-16(24-25)20(3,4)5/h11-12H,6-10,22H2,1-5H3. The van der Waals surface area contributed by atoms with E-state index >= 15 is 0 Å². The summed E-state index contributed by atoms with van der Waals surface area (Å²) in [5.74, 6) is 1.43. The van der Waals surface area contributed by atoms with Crippen LogP contribution >= 0.6 is 0 Å². The summed E-state index contributed by atoms with van der Waals surface area (Å²) in [5, 5.41) is 14.1. The maximum atomic E-state index is 9.45. The van der Waals surface area contributed by atoms with E-state index in [0.29, 0.717) is 29.7 Å². The number of anilines is 1. The Morgan fingerprint density at radius 2 is 1.96 bits per heavy atom. The average Bonchev–Trinajstić information content (AvgIpc) is 2.96. The molecule has 6 nitrogen and oxygen atoms in total. The summed E-state index contributed by atoms with van der Waals surface area (Å²) >= 11 is 0. The third-order valence-electron chi connectivity index (χ3n) is 4.24.